The monoisotopic (exact) mass is 356 g/mol. The van der Waals surface area contributed by atoms with Crippen LogP contribution in [-0.4, -0.2) is 43.0 Å². The van der Waals surface area contributed by atoms with Crippen molar-refractivity contribution >= 4 is 17.8 Å². The molecule has 4 heteroatoms. The molecule has 6 rings (SSSR count). The van der Waals surface area contributed by atoms with Crippen molar-refractivity contribution in [3.8, 4) is 0 Å². The molecule has 0 aromatic heterocycles. The summed E-state index contributed by atoms with van der Waals surface area (Å²) in [4.78, 5) is 7.70. The lowest BCUT2D eigenvalue weighted by molar-refractivity contribution is 0.0310. The van der Waals surface area contributed by atoms with Gasteiger partial charge in [0.2, 0.25) is 0 Å². The maximum Gasteiger partial charge on any atom is 0.0745 e. The predicted molar refractivity (Wildman–Crippen MR) is 101 cm³/mol. The fourth-order valence-corrected chi connectivity index (χ4v) is 5.82. The van der Waals surface area contributed by atoms with E-state index in [0.717, 1.165) is 37.7 Å². The summed E-state index contributed by atoms with van der Waals surface area (Å²) in [6, 6.07) is 8.56. The highest BCUT2D eigenvalue weighted by Crippen LogP contribution is 2.60. The summed E-state index contributed by atoms with van der Waals surface area (Å²) < 4.78 is 5.58. The van der Waals surface area contributed by atoms with E-state index in [1.807, 2.05) is 12.1 Å². The van der Waals surface area contributed by atoms with E-state index in [1.54, 1.807) is 5.70 Å². The van der Waals surface area contributed by atoms with E-state index >= 15 is 0 Å². The number of morpholine rings is 1. The number of fused-ring (bicyclic) bond motifs is 1. The van der Waals surface area contributed by atoms with Gasteiger partial charge in [0.25, 0.3) is 0 Å². The molecular formula is C21H25ClN2O. The zero-order valence-corrected chi connectivity index (χ0v) is 15.3. The van der Waals surface area contributed by atoms with Crippen LogP contribution in [0.3, 0.4) is 0 Å². The third-order valence-corrected chi connectivity index (χ3v) is 6.99. The molecule has 0 amide bonds. The minimum atomic E-state index is 0.0759. The first-order chi connectivity index (χ1) is 12.3. The van der Waals surface area contributed by atoms with Crippen molar-refractivity contribution in [2.75, 3.05) is 26.3 Å². The van der Waals surface area contributed by atoms with Crippen LogP contribution in [0.5, 0.6) is 0 Å². The average molecular weight is 357 g/mol. The highest BCUT2D eigenvalue weighted by molar-refractivity contribution is 6.30. The third kappa shape index (κ3) is 2.47. The molecule has 0 N–H and O–H groups in total. The van der Waals surface area contributed by atoms with Gasteiger partial charge in [-0.05, 0) is 49.6 Å². The van der Waals surface area contributed by atoms with Gasteiger partial charge in [0.05, 0.1) is 18.8 Å². The second kappa shape index (κ2) is 6.14. The van der Waals surface area contributed by atoms with E-state index in [1.165, 1.54) is 24.8 Å². The van der Waals surface area contributed by atoms with Gasteiger partial charge < -0.3 is 9.64 Å². The second-order valence-corrected chi connectivity index (χ2v) is 8.29. The molecule has 25 heavy (non-hydrogen) atoms. The SMILES string of the molecule is Clc1ccc(C2C3CCC(C=C3N3CCOCC3)C23CCC=N3)cc1. The molecule has 1 saturated carbocycles. The number of aliphatic imine (C=N–C) groups is 1. The first-order valence-corrected chi connectivity index (χ1v) is 9.99. The maximum absolute atomic E-state index is 6.17. The van der Waals surface area contributed by atoms with Crippen LogP contribution in [0, 0.1) is 11.8 Å². The normalized spacial score (nSPS) is 36.9. The van der Waals surface area contributed by atoms with E-state index in [2.05, 4.69) is 29.3 Å². The van der Waals surface area contributed by atoms with E-state index in [0.29, 0.717) is 17.8 Å². The van der Waals surface area contributed by atoms with Crippen LogP contribution in [0.15, 0.2) is 41.0 Å². The number of ether oxygens (including phenoxy) is 1. The van der Waals surface area contributed by atoms with Crippen LogP contribution in [0.2, 0.25) is 5.02 Å². The molecular weight excluding hydrogens is 332 g/mol. The summed E-state index contributed by atoms with van der Waals surface area (Å²) in [5.74, 6) is 1.61. The van der Waals surface area contributed by atoms with Gasteiger partial charge in [-0.2, -0.15) is 0 Å². The van der Waals surface area contributed by atoms with Gasteiger partial charge in [-0.15, -0.1) is 0 Å². The van der Waals surface area contributed by atoms with Crippen molar-refractivity contribution in [2.45, 2.75) is 37.1 Å². The zero-order valence-electron chi connectivity index (χ0n) is 14.5. The Morgan fingerprint density at radius 1 is 1.12 bits per heavy atom. The first-order valence-electron chi connectivity index (χ1n) is 9.61. The molecule has 132 valence electrons. The number of rotatable bonds is 2. The second-order valence-electron chi connectivity index (χ2n) is 7.85. The van der Waals surface area contributed by atoms with Gasteiger partial charge in [0.15, 0.2) is 0 Å². The fourth-order valence-electron chi connectivity index (χ4n) is 5.70. The Morgan fingerprint density at radius 3 is 2.64 bits per heavy atom. The molecule has 2 aliphatic heterocycles. The minimum absolute atomic E-state index is 0.0759. The number of allylic oxidation sites excluding steroid dienone is 1. The smallest absolute Gasteiger partial charge is 0.0745 e. The number of halogens is 1. The Labute approximate surface area is 154 Å². The van der Waals surface area contributed by atoms with Crippen LogP contribution >= 0.6 is 11.6 Å². The summed E-state index contributed by atoms with van der Waals surface area (Å²) in [5.41, 5.74) is 3.05. The van der Waals surface area contributed by atoms with E-state index in [4.69, 9.17) is 21.3 Å². The lowest BCUT2D eigenvalue weighted by Gasteiger charge is -2.55. The molecule has 1 spiro atoms. The van der Waals surface area contributed by atoms with Crippen molar-refractivity contribution in [2.24, 2.45) is 16.8 Å². The Kier molecular flexibility index (Phi) is 3.90. The number of hydrogen-bond acceptors (Lipinski definition) is 3. The molecule has 4 atom stereocenters. The van der Waals surface area contributed by atoms with E-state index in [9.17, 15) is 0 Å². The summed E-state index contributed by atoms with van der Waals surface area (Å²) >= 11 is 6.17. The van der Waals surface area contributed by atoms with Crippen molar-refractivity contribution in [1.82, 2.24) is 4.90 Å². The molecule has 2 bridgehead atoms. The van der Waals surface area contributed by atoms with Crippen molar-refractivity contribution < 1.29 is 4.74 Å². The maximum atomic E-state index is 6.17. The van der Waals surface area contributed by atoms with Crippen molar-refractivity contribution in [3.63, 3.8) is 0 Å². The molecule has 1 aromatic carbocycles. The summed E-state index contributed by atoms with van der Waals surface area (Å²) in [7, 11) is 0. The number of benzene rings is 1. The zero-order chi connectivity index (χ0) is 16.9. The van der Waals surface area contributed by atoms with E-state index in [-0.39, 0.29) is 5.54 Å². The predicted octanol–water partition coefficient (Wildman–Crippen LogP) is 4.28. The highest BCUT2D eigenvalue weighted by Gasteiger charge is 2.56. The summed E-state index contributed by atoms with van der Waals surface area (Å²) in [6.45, 7) is 3.75. The average Bonchev–Trinajstić information content (AvgIpc) is 3.14. The highest BCUT2D eigenvalue weighted by atomic mass is 35.5. The Hall–Kier alpha value is -1.32. The lowest BCUT2D eigenvalue weighted by Crippen LogP contribution is -2.53. The van der Waals surface area contributed by atoms with Gasteiger partial charge in [-0.3, -0.25) is 4.99 Å². The quantitative estimate of drug-likeness (QED) is 0.790. The molecule has 3 nitrogen and oxygen atoms in total. The van der Waals surface area contributed by atoms with Crippen LogP contribution in [0.1, 0.15) is 37.2 Å². The molecule has 0 radical (unpaired) electrons. The van der Waals surface area contributed by atoms with Crippen LogP contribution < -0.4 is 0 Å². The van der Waals surface area contributed by atoms with Gasteiger partial charge in [0.1, 0.15) is 0 Å². The van der Waals surface area contributed by atoms with Crippen LogP contribution in [0.4, 0.5) is 0 Å². The van der Waals surface area contributed by atoms with Gasteiger partial charge in [-0.1, -0.05) is 29.8 Å². The molecule has 3 aliphatic carbocycles. The Bertz CT molecular complexity index is 707. The third-order valence-electron chi connectivity index (χ3n) is 6.73. The van der Waals surface area contributed by atoms with Gasteiger partial charge >= 0.3 is 0 Å². The molecule has 1 aromatic rings. The van der Waals surface area contributed by atoms with Crippen LogP contribution in [0.25, 0.3) is 0 Å². The molecule has 1 saturated heterocycles. The molecule has 5 aliphatic rings. The summed E-state index contributed by atoms with van der Waals surface area (Å²) in [5, 5.41) is 0.817. The van der Waals surface area contributed by atoms with Gasteiger partial charge in [-0.25, -0.2) is 0 Å². The molecule has 4 unspecified atom stereocenters. The largest absolute Gasteiger partial charge is 0.378 e. The number of nitrogens with zero attached hydrogens (tertiary/aromatic N) is 2. The topological polar surface area (TPSA) is 24.8 Å². The Balaban J connectivity index is 1.58. The first kappa shape index (κ1) is 15.9. The Morgan fingerprint density at radius 2 is 1.92 bits per heavy atom. The van der Waals surface area contributed by atoms with Crippen molar-refractivity contribution in [3.05, 3.63) is 46.6 Å². The van der Waals surface area contributed by atoms with E-state index < -0.39 is 0 Å². The number of hydrogen-bond donors (Lipinski definition) is 0. The molecule has 2 heterocycles. The molecule has 2 fully saturated rings. The van der Waals surface area contributed by atoms with Crippen molar-refractivity contribution in [1.29, 1.82) is 0 Å². The summed E-state index contributed by atoms with van der Waals surface area (Å²) in [6.07, 6.45) is 9.61. The van der Waals surface area contributed by atoms with Gasteiger partial charge in [0, 0.05) is 41.6 Å². The standard InChI is InChI=1S/C21H25ClN2O/c22-17-5-2-15(3-6-17)20-18-7-4-16(21(20)8-1-9-23-21)14-19(18)24-10-12-25-13-11-24/h2-3,5-6,9,14,16,18,20H,1,4,7-8,10-13H2. The van der Waals surface area contributed by atoms with Crippen LogP contribution in [-0.2, 0) is 4.74 Å². The fraction of sp³-hybridized carbons (Fsp3) is 0.571. The minimum Gasteiger partial charge on any atom is -0.378 e. The lowest BCUT2D eigenvalue weighted by atomic mass is 9.54.